The van der Waals surface area contributed by atoms with Gasteiger partial charge in [0, 0.05) is 23.3 Å². The topological polar surface area (TPSA) is 46.4 Å². The minimum atomic E-state index is -0.499. The summed E-state index contributed by atoms with van der Waals surface area (Å²) in [7, 11) is 0. The Morgan fingerprint density at radius 1 is 1.42 bits per heavy atom. The predicted octanol–water partition coefficient (Wildman–Crippen LogP) is 3.48. The monoisotopic (exact) mass is 347 g/mol. The van der Waals surface area contributed by atoms with Gasteiger partial charge in [0.25, 0.3) is 0 Å². The smallest absolute Gasteiger partial charge is 0.226 e. The third-order valence-corrected chi connectivity index (χ3v) is 4.96. The van der Waals surface area contributed by atoms with Crippen LogP contribution < -0.4 is 5.32 Å². The van der Waals surface area contributed by atoms with Crippen molar-refractivity contribution in [3.63, 3.8) is 0 Å². The number of benzene rings is 1. The number of hydrogen-bond donors (Lipinski definition) is 1. The SMILES string of the molecule is O=C(Cc1cn2ccsc2n1)NC(c1cc(F)ccc1F)C1CC1. The first-order valence-corrected chi connectivity index (χ1v) is 8.63. The maximum atomic E-state index is 14.1. The van der Waals surface area contributed by atoms with Crippen molar-refractivity contribution in [3.8, 4) is 0 Å². The van der Waals surface area contributed by atoms with Gasteiger partial charge in [-0.15, -0.1) is 11.3 Å². The molecule has 24 heavy (non-hydrogen) atoms. The van der Waals surface area contributed by atoms with Gasteiger partial charge in [-0.05, 0) is 37.0 Å². The van der Waals surface area contributed by atoms with Gasteiger partial charge >= 0.3 is 0 Å². The molecule has 4 nitrogen and oxygen atoms in total. The van der Waals surface area contributed by atoms with Gasteiger partial charge in [0.15, 0.2) is 4.96 Å². The van der Waals surface area contributed by atoms with Crippen molar-refractivity contribution in [2.24, 2.45) is 5.92 Å². The molecule has 0 spiro atoms. The molecule has 0 saturated heterocycles. The largest absolute Gasteiger partial charge is 0.349 e. The highest BCUT2D eigenvalue weighted by molar-refractivity contribution is 7.15. The van der Waals surface area contributed by atoms with Crippen molar-refractivity contribution in [3.05, 3.63) is 58.9 Å². The number of nitrogens with zero attached hydrogens (tertiary/aromatic N) is 2. The molecule has 0 aliphatic heterocycles. The first-order valence-electron chi connectivity index (χ1n) is 7.75. The van der Waals surface area contributed by atoms with Gasteiger partial charge in [0.1, 0.15) is 11.6 Å². The molecule has 0 radical (unpaired) electrons. The Bertz CT molecular complexity index is 872. The minimum absolute atomic E-state index is 0.120. The molecule has 1 amide bonds. The molecule has 0 bridgehead atoms. The lowest BCUT2D eigenvalue weighted by Crippen LogP contribution is -2.31. The van der Waals surface area contributed by atoms with E-state index in [1.807, 2.05) is 16.0 Å². The average molecular weight is 347 g/mol. The molecule has 1 aromatic carbocycles. The van der Waals surface area contributed by atoms with E-state index < -0.39 is 17.7 Å². The van der Waals surface area contributed by atoms with Gasteiger partial charge in [0.05, 0.1) is 18.2 Å². The first kappa shape index (κ1) is 15.3. The Morgan fingerprint density at radius 3 is 3.00 bits per heavy atom. The molecule has 3 aromatic rings. The Morgan fingerprint density at radius 2 is 2.25 bits per heavy atom. The third kappa shape index (κ3) is 3.03. The van der Waals surface area contributed by atoms with Crippen molar-refractivity contribution >= 4 is 22.2 Å². The van der Waals surface area contributed by atoms with E-state index in [4.69, 9.17) is 0 Å². The number of thiazole rings is 1. The summed E-state index contributed by atoms with van der Waals surface area (Å²) in [6.07, 6.45) is 5.61. The molecule has 1 aliphatic carbocycles. The third-order valence-electron chi connectivity index (χ3n) is 4.19. The van der Waals surface area contributed by atoms with Crippen LogP contribution in [0.25, 0.3) is 4.96 Å². The van der Waals surface area contributed by atoms with E-state index in [0.29, 0.717) is 5.69 Å². The van der Waals surface area contributed by atoms with Crippen molar-refractivity contribution in [2.75, 3.05) is 0 Å². The molecule has 1 N–H and O–H groups in total. The summed E-state index contributed by atoms with van der Waals surface area (Å²) in [6, 6.07) is 2.88. The number of rotatable bonds is 5. The van der Waals surface area contributed by atoms with Gasteiger partial charge in [-0.3, -0.25) is 9.20 Å². The fraction of sp³-hybridized carbons (Fsp3) is 0.294. The van der Waals surface area contributed by atoms with E-state index in [-0.39, 0.29) is 23.8 Å². The molecule has 1 unspecified atom stereocenters. The van der Waals surface area contributed by atoms with E-state index in [0.717, 1.165) is 29.9 Å². The lowest BCUT2D eigenvalue weighted by Gasteiger charge is -2.19. The zero-order chi connectivity index (χ0) is 16.7. The van der Waals surface area contributed by atoms with E-state index in [1.165, 1.54) is 17.4 Å². The molecule has 1 fully saturated rings. The number of nitrogens with one attached hydrogen (secondary N) is 1. The van der Waals surface area contributed by atoms with E-state index >= 15 is 0 Å². The van der Waals surface area contributed by atoms with Gasteiger partial charge in [-0.2, -0.15) is 0 Å². The first-order chi connectivity index (χ1) is 11.6. The quantitative estimate of drug-likeness (QED) is 0.768. The zero-order valence-electron chi connectivity index (χ0n) is 12.7. The van der Waals surface area contributed by atoms with Crippen LogP contribution in [0.15, 0.2) is 36.0 Å². The summed E-state index contributed by atoms with van der Waals surface area (Å²) in [5, 5.41) is 4.78. The highest BCUT2D eigenvalue weighted by atomic mass is 32.1. The van der Waals surface area contributed by atoms with Crippen LogP contribution in [0.4, 0.5) is 8.78 Å². The summed E-state index contributed by atoms with van der Waals surface area (Å²) >= 11 is 1.49. The molecule has 1 aliphatic rings. The maximum absolute atomic E-state index is 14.1. The number of fused-ring (bicyclic) bond motifs is 1. The van der Waals surface area contributed by atoms with E-state index in [1.54, 1.807) is 6.20 Å². The van der Waals surface area contributed by atoms with Crippen molar-refractivity contribution in [1.82, 2.24) is 14.7 Å². The Hall–Kier alpha value is -2.28. The molecular formula is C17H15F2N3OS. The van der Waals surface area contributed by atoms with Crippen LogP contribution in [-0.4, -0.2) is 15.3 Å². The standard InChI is InChI=1S/C17H15F2N3OS/c18-11-3-4-14(19)13(7-11)16(10-1-2-10)21-15(23)8-12-9-22-5-6-24-17(22)20-12/h3-7,9-10,16H,1-2,8H2,(H,21,23). The lowest BCUT2D eigenvalue weighted by atomic mass is 10.0. The van der Waals surface area contributed by atoms with Crippen LogP contribution in [0.5, 0.6) is 0 Å². The predicted molar refractivity (Wildman–Crippen MR) is 86.7 cm³/mol. The highest BCUT2D eigenvalue weighted by Gasteiger charge is 2.35. The lowest BCUT2D eigenvalue weighted by molar-refractivity contribution is -0.121. The summed E-state index contributed by atoms with van der Waals surface area (Å²) in [6.45, 7) is 0. The number of imidazole rings is 1. The second-order valence-electron chi connectivity index (χ2n) is 6.05. The zero-order valence-corrected chi connectivity index (χ0v) is 13.5. The number of amides is 1. The second kappa shape index (κ2) is 5.98. The highest BCUT2D eigenvalue weighted by Crippen LogP contribution is 2.41. The number of aromatic nitrogens is 2. The maximum Gasteiger partial charge on any atom is 0.226 e. The Labute approximate surface area is 141 Å². The molecule has 1 atom stereocenters. The summed E-state index contributed by atoms with van der Waals surface area (Å²) in [5.74, 6) is -1.06. The van der Waals surface area contributed by atoms with Crippen molar-refractivity contribution in [1.29, 1.82) is 0 Å². The Kier molecular flexibility index (Phi) is 3.80. The van der Waals surface area contributed by atoms with Gasteiger partial charge in [0.2, 0.25) is 5.91 Å². The summed E-state index contributed by atoms with van der Waals surface area (Å²) < 4.78 is 29.4. The molecule has 2 aromatic heterocycles. The molecule has 7 heteroatoms. The van der Waals surface area contributed by atoms with Gasteiger partial charge < -0.3 is 5.32 Å². The summed E-state index contributed by atoms with van der Waals surface area (Å²) in [4.78, 5) is 17.5. The second-order valence-corrected chi connectivity index (χ2v) is 6.92. The van der Waals surface area contributed by atoms with Gasteiger partial charge in [-0.25, -0.2) is 13.8 Å². The van der Waals surface area contributed by atoms with Crippen LogP contribution in [0.2, 0.25) is 0 Å². The fourth-order valence-electron chi connectivity index (χ4n) is 2.88. The van der Waals surface area contributed by atoms with Crippen LogP contribution >= 0.6 is 11.3 Å². The average Bonchev–Trinajstić information content (AvgIpc) is 3.18. The molecule has 4 rings (SSSR count). The summed E-state index contributed by atoms with van der Waals surface area (Å²) in [5.41, 5.74) is 0.880. The van der Waals surface area contributed by atoms with Crippen LogP contribution in [-0.2, 0) is 11.2 Å². The number of carbonyl (C=O) groups excluding carboxylic acids is 1. The molecular weight excluding hydrogens is 332 g/mol. The number of carbonyl (C=O) groups is 1. The number of halogens is 2. The fourth-order valence-corrected chi connectivity index (χ4v) is 3.60. The Balaban J connectivity index is 1.51. The van der Waals surface area contributed by atoms with Gasteiger partial charge in [-0.1, -0.05) is 0 Å². The molecule has 1 saturated carbocycles. The van der Waals surface area contributed by atoms with Crippen LogP contribution in [0.3, 0.4) is 0 Å². The normalized spacial score (nSPS) is 15.6. The van der Waals surface area contributed by atoms with Crippen molar-refractivity contribution < 1.29 is 13.6 Å². The molecule has 124 valence electrons. The minimum Gasteiger partial charge on any atom is -0.349 e. The number of hydrogen-bond acceptors (Lipinski definition) is 3. The van der Waals surface area contributed by atoms with Crippen LogP contribution in [0, 0.1) is 17.6 Å². The van der Waals surface area contributed by atoms with E-state index in [9.17, 15) is 13.6 Å². The van der Waals surface area contributed by atoms with E-state index in [2.05, 4.69) is 10.3 Å². The van der Waals surface area contributed by atoms with Crippen molar-refractivity contribution in [2.45, 2.75) is 25.3 Å². The molecule has 2 heterocycles. The van der Waals surface area contributed by atoms with Crippen LogP contribution in [0.1, 0.15) is 30.1 Å².